The second kappa shape index (κ2) is 7.47. The van der Waals surface area contributed by atoms with Crippen LogP contribution in [0.15, 0.2) is 66.7 Å². The van der Waals surface area contributed by atoms with Gasteiger partial charge in [0.15, 0.2) is 5.71 Å². The Morgan fingerprint density at radius 3 is 2.35 bits per heavy atom. The number of thiophene rings is 2. The van der Waals surface area contributed by atoms with Crippen LogP contribution in [0.3, 0.4) is 0 Å². The van der Waals surface area contributed by atoms with Crippen molar-refractivity contribution in [3.05, 3.63) is 77.2 Å². The van der Waals surface area contributed by atoms with E-state index >= 15 is 0 Å². The lowest BCUT2D eigenvalue weighted by Crippen LogP contribution is -2.26. The SMILES string of the molecule is CN(C)c1ccc(-c2ccc(/C=C/C3=[N+](C)c4ccc5ccccc5c4C3(C)C)s2)s1. The monoisotopic (exact) mass is 443 g/mol. The number of rotatable bonds is 4. The second-order valence-electron chi connectivity index (χ2n) is 8.82. The van der Waals surface area contributed by atoms with E-state index in [2.05, 4.69) is 117 Å². The minimum Gasteiger partial charge on any atom is -0.370 e. The Kier molecular flexibility index (Phi) is 4.87. The predicted molar refractivity (Wildman–Crippen MR) is 139 cm³/mol. The average Bonchev–Trinajstić information content (AvgIpc) is 3.45. The van der Waals surface area contributed by atoms with Gasteiger partial charge in [-0.05, 0) is 61.0 Å². The van der Waals surface area contributed by atoms with E-state index in [0.29, 0.717) is 0 Å². The van der Waals surface area contributed by atoms with Crippen molar-refractivity contribution in [2.24, 2.45) is 0 Å². The number of hydrogen-bond acceptors (Lipinski definition) is 3. The first-order chi connectivity index (χ1) is 14.9. The summed E-state index contributed by atoms with van der Waals surface area (Å²) < 4.78 is 2.36. The van der Waals surface area contributed by atoms with Crippen LogP contribution in [0.5, 0.6) is 0 Å². The number of anilines is 1. The lowest BCUT2D eigenvalue weighted by molar-refractivity contribution is -0.401. The summed E-state index contributed by atoms with van der Waals surface area (Å²) in [5.41, 5.74) is 4.02. The number of hydrogen-bond donors (Lipinski definition) is 0. The Balaban J connectivity index is 1.48. The third-order valence-corrected chi connectivity index (χ3v) is 8.70. The summed E-state index contributed by atoms with van der Waals surface area (Å²) in [4.78, 5) is 6.11. The molecule has 0 unspecified atom stereocenters. The highest BCUT2D eigenvalue weighted by Crippen LogP contribution is 2.44. The maximum absolute atomic E-state index is 2.36. The van der Waals surface area contributed by atoms with E-state index in [4.69, 9.17) is 0 Å². The van der Waals surface area contributed by atoms with Crippen molar-refractivity contribution in [1.82, 2.24) is 0 Å². The van der Waals surface area contributed by atoms with Gasteiger partial charge in [0.1, 0.15) is 7.05 Å². The van der Waals surface area contributed by atoms with Crippen molar-refractivity contribution in [3.8, 4) is 9.75 Å². The molecule has 0 atom stereocenters. The summed E-state index contributed by atoms with van der Waals surface area (Å²) in [6.07, 6.45) is 4.58. The minimum atomic E-state index is -0.0457. The van der Waals surface area contributed by atoms with Gasteiger partial charge in [0.2, 0.25) is 5.69 Å². The van der Waals surface area contributed by atoms with Crippen molar-refractivity contribution >= 4 is 55.9 Å². The van der Waals surface area contributed by atoms with E-state index in [0.717, 1.165) is 0 Å². The van der Waals surface area contributed by atoms with Crippen molar-refractivity contribution < 1.29 is 4.58 Å². The third-order valence-electron chi connectivity index (χ3n) is 6.20. The minimum absolute atomic E-state index is 0.0457. The van der Waals surface area contributed by atoms with Gasteiger partial charge >= 0.3 is 0 Å². The Morgan fingerprint density at radius 1 is 0.839 bits per heavy atom. The van der Waals surface area contributed by atoms with Gasteiger partial charge in [-0.1, -0.05) is 24.3 Å². The number of allylic oxidation sites excluding steroid dienone is 1. The Bertz CT molecular complexity index is 1350. The van der Waals surface area contributed by atoms with Gasteiger partial charge in [0, 0.05) is 46.4 Å². The van der Waals surface area contributed by atoms with Gasteiger partial charge in [-0.25, -0.2) is 0 Å². The molecule has 1 aliphatic heterocycles. The fraction of sp³-hybridized carbons (Fsp3) is 0.222. The van der Waals surface area contributed by atoms with Gasteiger partial charge in [-0.2, -0.15) is 4.58 Å². The molecule has 0 spiro atoms. The molecule has 0 aliphatic carbocycles. The summed E-state index contributed by atoms with van der Waals surface area (Å²) in [6, 6.07) is 22.1. The topological polar surface area (TPSA) is 6.25 Å². The lowest BCUT2D eigenvalue weighted by atomic mass is 9.79. The number of fused-ring (bicyclic) bond motifs is 3. The van der Waals surface area contributed by atoms with Gasteiger partial charge in [0.05, 0.1) is 10.4 Å². The molecule has 156 valence electrons. The molecule has 0 saturated heterocycles. The predicted octanol–water partition coefficient (Wildman–Crippen LogP) is 7.42. The van der Waals surface area contributed by atoms with E-state index < -0.39 is 0 Å². The molecule has 0 saturated carbocycles. The summed E-state index contributed by atoms with van der Waals surface area (Å²) in [5.74, 6) is 0. The zero-order chi connectivity index (χ0) is 21.8. The number of benzene rings is 2. The molecular weight excluding hydrogens is 416 g/mol. The summed E-state index contributed by atoms with van der Waals surface area (Å²) in [7, 11) is 6.38. The molecule has 0 radical (unpaired) electrons. The van der Waals surface area contributed by atoms with Gasteiger partial charge in [-0.3, -0.25) is 0 Å². The van der Waals surface area contributed by atoms with Crippen LogP contribution >= 0.6 is 22.7 Å². The van der Waals surface area contributed by atoms with Crippen LogP contribution in [0.4, 0.5) is 10.7 Å². The molecular formula is C27H27N2S2+. The van der Waals surface area contributed by atoms with E-state index in [1.165, 1.54) is 47.4 Å². The van der Waals surface area contributed by atoms with Crippen molar-refractivity contribution in [2.75, 3.05) is 26.0 Å². The molecule has 0 N–H and O–H groups in total. The van der Waals surface area contributed by atoms with Crippen LogP contribution in [0, 0.1) is 0 Å². The largest absolute Gasteiger partial charge is 0.370 e. The van der Waals surface area contributed by atoms with Crippen LogP contribution in [0.25, 0.3) is 26.6 Å². The molecule has 5 rings (SSSR count). The Morgan fingerprint density at radius 2 is 1.58 bits per heavy atom. The molecule has 4 heteroatoms. The second-order valence-corrected chi connectivity index (χ2v) is 11.0. The molecule has 0 bridgehead atoms. The van der Waals surface area contributed by atoms with Crippen molar-refractivity contribution in [2.45, 2.75) is 19.3 Å². The summed E-state index contributed by atoms with van der Waals surface area (Å²) in [5, 5.41) is 3.95. The fourth-order valence-corrected chi connectivity index (χ4v) is 6.56. The van der Waals surface area contributed by atoms with Crippen LogP contribution < -0.4 is 4.90 Å². The zero-order valence-electron chi connectivity index (χ0n) is 18.6. The highest BCUT2D eigenvalue weighted by atomic mass is 32.1. The molecule has 3 heterocycles. The number of nitrogens with zero attached hydrogens (tertiary/aromatic N) is 2. The maximum Gasteiger partial charge on any atom is 0.210 e. The van der Waals surface area contributed by atoms with Crippen LogP contribution in [-0.2, 0) is 5.41 Å². The van der Waals surface area contributed by atoms with Crippen molar-refractivity contribution in [1.29, 1.82) is 0 Å². The molecule has 4 aromatic rings. The van der Waals surface area contributed by atoms with E-state index in [9.17, 15) is 0 Å². The quantitative estimate of drug-likeness (QED) is 0.298. The molecule has 2 nitrogen and oxygen atoms in total. The van der Waals surface area contributed by atoms with E-state index in [1.807, 2.05) is 22.7 Å². The van der Waals surface area contributed by atoms with Crippen LogP contribution in [0.2, 0.25) is 0 Å². The van der Waals surface area contributed by atoms with E-state index in [1.54, 1.807) is 0 Å². The first-order valence-electron chi connectivity index (χ1n) is 10.5. The molecule has 2 aromatic carbocycles. The van der Waals surface area contributed by atoms with Gasteiger partial charge in [-0.15, -0.1) is 22.7 Å². The standard InChI is InChI=1S/C27H27N2S2/c1-27(2)24(29(5)21-13-10-18-8-6-7-9-20(18)26(21)27)16-12-19-11-14-22(30-19)23-15-17-25(31-23)28(3)4/h6-17H,1-5H3/q+1. The molecule has 2 aromatic heterocycles. The van der Waals surface area contributed by atoms with Crippen LogP contribution in [-0.4, -0.2) is 31.4 Å². The average molecular weight is 444 g/mol. The third kappa shape index (κ3) is 3.35. The Hall–Kier alpha value is -2.69. The molecule has 1 aliphatic rings. The first-order valence-corrected chi connectivity index (χ1v) is 12.2. The van der Waals surface area contributed by atoms with Crippen LogP contribution in [0.1, 0.15) is 24.3 Å². The summed E-state index contributed by atoms with van der Waals surface area (Å²) >= 11 is 3.70. The zero-order valence-corrected chi connectivity index (χ0v) is 20.3. The first kappa shape index (κ1) is 20.2. The Labute approximate surface area is 192 Å². The van der Waals surface area contributed by atoms with Crippen molar-refractivity contribution in [3.63, 3.8) is 0 Å². The van der Waals surface area contributed by atoms with Gasteiger partial charge < -0.3 is 4.90 Å². The lowest BCUT2D eigenvalue weighted by Gasteiger charge is -2.17. The van der Waals surface area contributed by atoms with E-state index in [-0.39, 0.29) is 5.41 Å². The summed E-state index contributed by atoms with van der Waals surface area (Å²) in [6.45, 7) is 4.69. The van der Waals surface area contributed by atoms with Gasteiger partial charge in [0.25, 0.3) is 0 Å². The smallest absolute Gasteiger partial charge is 0.210 e. The molecule has 31 heavy (non-hydrogen) atoms. The molecule has 0 amide bonds. The highest BCUT2D eigenvalue weighted by molar-refractivity contribution is 7.24. The maximum atomic E-state index is 2.36. The normalized spacial score (nSPS) is 15.3. The highest BCUT2D eigenvalue weighted by Gasteiger charge is 2.44. The fourth-order valence-electron chi connectivity index (χ4n) is 4.63. The molecule has 0 fully saturated rings.